The Morgan fingerprint density at radius 1 is 1.12 bits per heavy atom. The summed E-state index contributed by atoms with van der Waals surface area (Å²) in [5.74, 6) is 0.760. The van der Waals surface area contributed by atoms with E-state index >= 15 is 0 Å². The van der Waals surface area contributed by atoms with Crippen LogP contribution in [0.25, 0.3) is 0 Å². The van der Waals surface area contributed by atoms with Crippen LogP contribution in [0, 0.1) is 0 Å². The summed E-state index contributed by atoms with van der Waals surface area (Å²) in [6, 6.07) is 7.39. The molecule has 3 heteroatoms. The van der Waals surface area contributed by atoms with E-state index in [9.17, 15) is 4.21 Å². The van der Waals surface area contributed by atoms with Gasteiger partial charge in [0.1, 0.15) is 0 Å². The van der Waals surface area contributed by atoms with Crippen molar-refractivity contribution >= 4 is 16.5 Å². The second-order valence-electron chi connectivity index (χ2n) is 4.39. The third-order valence-corrected chi connectivity index (χ3v) is 4.24. The van der Waals surface area contributed by atoms with Gasteiger partial charge in [-0.15, -0.1) is 0 Å². The summed E-state index contributed by atoms with van der Waals surface area (Å²) in [6.07, 6.45) is 7.40. The van der Waals surface area contributed by atoms with Gasteiger partial charge in [-0.1, -0.05) is 45.1 Å². The lowest BCUT2D eigenvalue weighted by atomic mass is 10.1. The zero-order chi connectivity index (χ0) is 12.5. The Balaban J connectivity index is 2.21. The molecule has 1 aromatic rings. The minimum absolute atomic E-state index is 0.693. The second-order valence-corrected chi connectivity index (χ2v) is 5.96. The van der Waals surface area contributed by atoms with Gasteiger partial charge in [0, 0.05) is 16.3 Å². The Morgan fingerprint density at radius 2 is 1.82 bits per heavy atom. The minimum atomic E-state index is -0.881. The number of hydrogen-bond donors (Lipinski definition) is 1. The summed E-state index contributed by atoms with van der Waals surface area (Å²) in [5.41, 5.74) is 6.36. The number of rotatable bonds is 8. The number of unbranched alkanes of at least 4 members (excludes halogenated alkanes) is 5. The molecule has 2 N–H and O–H groups in total. The fraction of sp³-hybridized carbons (Fsp3) is 0.571. The van der Waals surface area contributed by atoms with Crippen LogP contribution in [0.2, 0.25) is 0 Å². The van der Waals surface area contributed by atoms with Crippen molar-refractivity contribution in [3.63, 3.8) is 0 Å². The van der Waals surface area contributed by atoms with Gasteiger partial charge in [-0.05, 0) is 24.6 Å². The largest absolute Gasteiger partial charge is 0.399 e. The molecule has 1 aromatic carbocycles. The van der Waals surface area contributed by atoms with Crippen LogP contribution in [0.5, 0.6) is 0 Å². The van der Waals surface area contributed by atoms with Crippen molar-refractivity contribution in [2.45, 2.75) is 50.3 Å². The average Bonchev–Trinajstić information content (AvgIpc) is 2.33. The van der Waals surface area contributed by atoms with E-state index < -0.39 is 10.8 Å². The number of nitrogens with two attached hydrogens (primary N) is 1. The van der Waals surface area contributed by atoms with E-state index in [0.717, 1.165) is 17.1 Å². The zero-order valence-electron chi connectivity index (χ0n) is 10.7. The molecule has 0 aliphatic rings. The monoisotopic (exact) mass is 253 g/mol. The number of nitrogen functional groups attached to an aromatic ring is 1. The predicted octanol–water partition coefficient (Wildman–Crippen LogP) is 3.74. The van der Waals surface area contributed by atoms with Crippen molar-refractivity contribution in [1.29, 1.82) is 0 Å². The Labute approximate surface area is 107 Å². The van der Waals surface area contributed by atoms with Crippen molar-refractivity contribution in [2.75, 3.05) is 11.5 Å². The van der Waals surface area contributed by atoms with Crippen LogP contribution < -0.4 is 5.73 Å². The molecule has 1 unspecified atom stereocenters. The molecule has 0 fully saturated rings. The first-order valence-corrected chi connectivity index (χ1v) is 7.80. The quantitative estimate of drug-likeness (QED) is 0.566. The fourth-order valence-corrected chi connectivity index (χ4v) is 2.99. The van der Waals surface area contributed by atoms with Gasteiger partial charge in [0.05, 0.1) is 10.8 Å². The van der Waals surface area contributed by atoms with Gasteiger partial charge in [0.25, 0.3) is 0 Å². The molecule has 1 rings (SSSR count). The van der Waals surface area contributed by atoms with Gasteiger partial charge in [0.2, 0.25) is 0 Å². The van der Waals surface area contributed by atoms with Crippen LogP contribution >= 0.6 is 0 Å². The Kier molecular flexibility index (Phi) is 6.94. The summed E-state index contributed by atoms with van der Waals surface area (Å²) in [6.45, 7) is 2.22. The van der Waals surface area contributed by atoms with Crippen molar-refractivity contribution in [3.05, 3.63) is 24.3 Å². The summed E-state index contributed by atoms with van der Waals surface area (Å²) >= 11 is 0. The van der Waals surface area contributed by atoms with Crippen molar-refractivity contribution in [1.82, 2.24) is 0 Å². The maximum absolute atomic E-state index is 11.9. The first-order chi connectivity index (χ1) is 8.24. The normalized spacial score (nSPS) is 12.5. The van der Waals surface area contributed by atoms with Gasteiger partial charge in [-0.3, -0.25) is 4.21 Å². The number of hydrogen-bond acceptors (Lipinski definition) is 2. The highest BCUT2D eigenvalue weighted by Gasteiger charge is 2.03. The average molecular weight is 253 g/mol. The van der Waals surface area contributed by atoms with Gasteiger partial charge in [-0.25, -0.2) is 0 Å². The SMILES string of the molecule is CCCCCCCCS(=O)c1cccc(N)c1. The zero-order valence-corrected chi connectivity index (χ0v) is 11.5. The molecule has 0 saturated carbocycles. The number of benzene rings is 1. The van der Waals surface area contributed by atoms with E-state index in [1.54, 1.807) is 0 Å². The lowest BCUT2D eigenvalue weighted by molar-refractivity contribution is 0.622. The molecule has 0 aliphatic carbocycles. The first-order valence-electron chi connectivity index (χ1n) is 6.48. The lowest BCUT2D eigenvalue weighted by Crippen LogP contribution is -1.99. The van der Waals surface area contributed by atoms with Crippen LogP contribution in [0.1, 0.15) is 45.4 Å². The molecule has 0 amide bonds. The Morgan fingerprint density at radius 3 is 2.53 bits per heavy atom. The molecular weight excluding hydrogens is 230 g/mol. The highest BCUT2D eigenvalue weighted by Crippen LogP contribution is 2.13. The van der Waals surface area contributed by atoms with Crippen molar-refractivity contribution in [2.24, 2.45) is 0 Å². The molecule has 0 bridgehead atoms. The molecule has 0 spiro atoms. The van der Waals surface area contributed by atoms with Crippen LogP contribution in [0.15, 0.2) is 29.2 Å². The molecule has 0 aliphatic heterocycles. The Bertz CT molecular complexity index is 352. The molecule has 17 heavy (non-hydrogen) atoms. The molecule has 96 valence electrons. The van der Waals surface area contributed by atoms with E-state index in [1.807, 2.05) is 24.3 Å². The van der Waals surface area contributed by atoms with Gasteiger partial charge in [-0.2, -0.15) is 0 Å². The van der Waals surface area contributed by atoms with Crippen LogP contribution in [-0.2, 0) is 10.8 Å². The summed E-state index contributed by atoms with van der Waals surface area (Å²) in [7, 11) is -0.881. The van der Waals surface area contributed by atoms with E-state index in [4.69, 9.17) is 5.73 Å². The maximum Gasteiger partial charge on any atom is 0.0530 e. The van der Waals surface area contributed by atoms with Crippen molar-refractivity contribution in [3.8, 4) is 0 Å². The highest BCUT2D eigenvalue weighted by atomic mass is 32.2. The highest BCUT2D eigenvalue weighted by molar-refractivity contribution is 7.85. The van der Waals surface area contributed by atoms with Crippen LogP contribution in [-0.4, -0.2) is 9.96 Å². The van der Waals surface area contributed by atoms with Crippen LogP contribution in [0.4, 0.5) is 5.69 Å². The minimum Gasteiger partial charge on any atom is -0.399 e. The summed E-state index contributed by atoms with van der Waals surface area (Å²) in [4.78, 5) is 0.860. The first kappa shape index (κ1) is 14.2. The maximum atomic E-state index is 11.9. The van der Waals surface area contributed by atoms with E-state index in [-0.39, 0.29) is 0 Å². The molecule has 0 radical (unpaired) electrons. The Hall–Kier alpha value is -0.830. The second kappa shape index (κ2) is 8.29. The van der Waals surface area contributed by atoms with Crippen LogP contribution in [0.3, 0.4) is 0 Å². The van der Waals surface area contributed by atoms with Gasteiger partial charge >= 0.3 is 0 Å². The fourth-order valence-electron chi connectivity index (χ4n) is 1.79. The molecule has 2 nitrogen and oxygen atoms in total. The molecule has 0 saturated heterocycles. The smallest absolute Gasteiger partial charge is 0.0530 e. The topological polar surface area (TPSA) is 43.1 Å². The van der Waals surface area contributed by atoms with E-state index in [2.05, 4.69) is 6.92 Å². The van der Waals surface area contributed by atoms with E-state index in [1.165, 1.54) is 32.1 Å². The standard InChI is InChI=1S/C14H23NOS/c1-2-3-4-5-6-7-11-17(16)14-10-8-9-13(15)12-14/h8-10,12H,2-7,11,15H2,1H3. The van der Waals surface area contributed by atoms with Gasteiger partial charge < -0.3 is 5.73 Å². The van der Waals surface area contributed by atoms with Crippen molar-refractivity contribution < 1.29 is 4.21 Å². The molecule has 0 aromatic heterocycles. The molecule has 0 heterocycles. The van der Waals surface area contributed by atoms with E-state index in [0.29, 0.717) is 5.69 Å². The molecule has 1 atom stereocenters. The predicted molar refractivity (Wildman–Crippen MR) is 75.5 cm³/mol. The summed E-state index contributed by atoms with van der Waals surface area (Å²) < 4.78 is 11.9. The molecular formula is C14H23NOS. The number of anilines is 1. The van der Waals surface area contributed by atoms with Gasteiger partial charge in [0.15, 0.2) is 0 Å². The third-order valence-electron chi connectivity index (χ3n) is 2.80. The summed E-state index contributed by atoms with van der Waals surface area (Å²) in [5, 5.41) is 0. The third kappa shape index (κ3) is 5.87. The lowest BCUT2D eigenvalue weighted by Gasteiger charge is -2.03.